The summed E-state index contributed by atoms with van der Waals surface area (Å²) in [6.45, 7) is 5.17. The van der Waals surface area contributed by atoms with Crippen LogP contribution in [-0.2, 0) is 9.53 Å². The molecule has 0 unspecified atom stereocenters. The van der Waals surface area contributed by atoms with Crippen molar-refractivity contribution in [3.63, 3.8) is 0 Å². The van der Waals surface area contributed by atoms with Gasteiger partial charge in [0.2, 0.25) is 12.7 Å². The van der Waals surface area contributed by atoms with Gasteiger partial charge >= 0.3 is 0 Å². The minimum Gasteiger partial charge on any atom is -0.454 e. The molecule has 1 saturated heterocycles. The lowest BCUT2D eigenvalue weighted by Gasteiger charge is -2.26. The van der Waals surface area contributed by atoms with E-state index < -0.39 is 0 Å². The number of carbonyl (C=O) groups excluding carboxylic acids is 1. The first-order chi connectivity index (χ1) is 10.8. The van der Waals surface area contributed by atoms with Crippen LogP contribution in [0.3, 0.4) is 0 Å². The van der Waals surface area contributed by atoms with Gasteiger partial charge in [-0.3, -0.25) is 9.69 Å². The summed E-state index contributed by atoms with van der Waals surface area (Å²) >= 11 is 0. The van der Waals surface area contributed by atoms with Gasteiger partial charge in [0.05, 0.1) is 13.2 Å². The van der Waals surface area contributed by atoms with E-state index in [1.54, 1.807) is 6.08 Å². The lowest BCUT2D eigenvalue weighted by molar-refractivity contribution is -0.116. The summed E-state index contributed by atoms with van der Waals surface area (Å²) in [6.07, 6.45) is 3.31. The quantitative estimate of drug-likeness (QED) is 0.818. The SMILES string of the molecule is O=C(C=Cc1ccc2c(c1)OCO2)NCCN1CCOCC1. The zero-order valence-electron chi connectivity index (χ0n) is 12.4. The number of nitrogens with zero attached hydrogens (tertiary/aromatic N) is 1. The Balaban J connectivity index is 1.43. The van der Waals surface area contributed by atoms with Gasteiger partial charge in [0.1, 0.15) is 0 Å². The maximum absolute atomic E-state index is 11.8. The van der Waals surface area contributed by atoms with E-state index in [1.807, 2.05) is 18.2 Å². The zero-order valence-corrected chi connectivity index (χ0v) is 12.4. The molecule has 22 heavy (non-hydrogen) atoms. The van der Waals surface area contributed by atoms with Gasteiger partial charge in [-0.2, -0.15) is 0 Å². The molecule has 1 amide bonds. The molecule has 0 radical (unpaired) electrons. The van der Waals surface area contributed by atoms with Crippen molar-refractivity contribution in [3.05, 3.63) is 29.8 Å². The summed E-state index contributed by atoms with van der Waals surface area (Å²) in [5.41, 5.74) is 0.910. The van der Waals surface area contributed by atoms with Gasteiger partial charge in [-0.05, 0) is 23.8 Å². The summed E-state index contributed by atoms with van der Waals surface area (Å²) in [5.74, 6) is 1.37. The Morgan fingerprint density at radius 1 is 1.23 bits per heavy atom. The third-order valence-electron chi connectivity index (χ3n) is 3.65. The average molecular weight is 304 g/mol. The van der Waals surface area contributed by atoms with Gasteiger partial charge in [-0.25, -0.2) is 0 Å². The highest BCUT2D eigenvalue weighted by Gasteiger charge is 2.12. The normalized spacial score (nSPS) is 17.8. The van der Waals surface area contributed by atoms with E-state index in [0.29, 0.717) is 6.54 Å². The van der Waals surface area contributed by atoms with Crippen LogP contribution in [0.25, 0.3) is 6.08 Å². The molecule has 1 aromatic carbocycles. The second kappa shape index (κ2) is 7.29. The Hall–Kier alpha value is -2.05. The van der Waals surface area contributed by atoms with Crippen LogP contribution in [0.4, 0.5) is 0 Å². The minimum atomic E-state index is -0.0917. The molecule has 1 fully saturated rings. The van der Waals surface area contributed by atoms with Crippen LogP contribution in [0.2, 0.25) is 0 Å². The maximum Gasteiger partial charge on any atom is 0.244 e. The summed E-state index contributed by atoms with van der Waals surface area (Å²) in [4.78, 5) is 14.1. The molecule has 118 valence electrons. The van der Waals surface area contributed by atoms with Gasteiger partial charge < -0.3 is 19.5 Å². The number of carbonyl (C=O) groups is 1. The summed E-state index contributed by atoms with van der Waals surface area (Å²) < 4.78 is 15.8. The van der Waals surface area contributed by atoms with Crippen molar-refractivity contribution in [2.24, 2.45) is 0 Å². The maximum atomic E-state index is 11.8. The lowest BCUT2D eigenvalue weighted by Crippen LogP contribution is -2.41. The number of fused-ring (bicyclic) bond motifs is 1. The van der Waals surface area contributed by atoms with Crippen LogP contribution in [-0.4, -0.2) is 57.0 Å². The second-order valence-corrected chi connectivity index (χ2v) is 5.19. The van der Waals surface area contributed by atoms with Crippen molar-refractivity contribution in [1.29, 1.82) is 0 Å². The molecule has 0 aromatic heterocycles. The first-order valence-corrected chi connectivity index (χ1v) is 7.47. The molecule has 6 heteroatoms. The zero-order chi connectivity index (χ0) is 15.2. The van der Waals surface area contributed by atoms with Crippen molar-refractivity contribution < 1.29 is 19.0 Å². The molecule has 0 bridgehead atoms. The van der Waals surface area contributed by atoms with Crippen molar-refractivity contribution in [1.82, 2.24) is 10.2 Å². The fourth-order valence-electron chi connectivity index (χ4n) is 2.41. The van der Waals surface area contributed by atoms with Gasteiger partial charge in [0.15, 0.2) is 11.5 Å². The largest absolute Gasteiger partial charge is 0.454 e. The number of amides is 1. The number of hydrogen-bond donors (Lipinski definition) is 1. The molecule has 2 aliphatic heterocycles. The van der Waals surface area contributed by atoms with Crippen LogP contribution < -0.4 is 14.8 Å². The van der Waals surface area contributed by atoms with Gasteiger partial charge in [0.25, 0.3) is 0 Å². The molecular weight excluding hydrogens is 284 g/mol. The van der Waals surface area contributed by atoms with Gasteiger partial charge in [-0.1, -0.05) is 6.07 Å². The van der Waals surface area contributed by atoms with E-state index in [4.69, 9.17) is 14.2 Å². The molecule has 2 heterocycles. The number of benzene rings is 1. The predicted octanol–water partition coefficient (Wildman–Crippen LogP) is 0.877. The third kappa shape index (κ3) is 3.99. The summed E-state index contributed by atoms with van der Waals surface area (Å²) in [6, 6.07) is 5.60. The number of rotatable bonds is 5. The van der Waals surface area contributed by atoms with E-state index in [0.717, 1.165) is 49.9 Å². The molecule has 1 aromatic rings. The number of morpholine rings is 1. The highest BCUT2D eigenvalue weighted by molar-refractivity contribution is 5.91. The number of ether oxygens (including phenoxy) is 3. The monoisotopic (exact) mass is 304 g/mol. The minimum absolute atomic E-state index is 0.0917. The Labute approximate surface area is 129 Å². The van der Waals surface area contributed by atoms with Crippen LogP contribution >= 0.6 is 0 Å². The van der Waals surface area contributed by atoms with Crippen LogP contribution in [0.15, 0.2) is 24.3 Å². The molecule has 1 N–H and O–H groups in total. The first kappa shape index (κ1) is 14.9. The average Bonchev–Trinajstić information content (AvgIpc) is 3.01. The van der Waals surface area contributed by atoms with Crippen LogP contribution in [0, 0.1) is 0 Å². The molecule has 0 saturated carbocycles. The van der Waals surface area contributed by atoms with E-state index in [-0.39, 0.29) is 12.7 Å². The molecule has 0 aliphatic carbocycles. The Kier molecular flexibility index (Phi) is 4.92. The van der Waals surface area contributed by atoms with E-state index in [9.17, 15) is 4.79 Å². The number of nitrogens with one attached hydrogen (secondary N) is 1. The Morgan fingerprint density at radius 3 is 2.91 bits per heavy atom. The van der Waals surface area contributed by atoms with Crippen molar-refractivity contribution in [2.45, 2.75) is 0 Å². The molecule has 2 aliphatic rings. The first-order valence-electron chi connectivity index (χ1n) is 7.47. The summed E-state index contributed by atoms with van der Waals surface area (Å²) in [7, 11) is 0. The van der Waals surface area contributed by atoms with Crippen molar-refractivity contribution in [2.75, 3.05) is 46.2 Å². The van der Waals surface area contributed by atoms with Gasteiger partial charge in [0, 0.05) is 32.3 Å². The molecule has 0 spiro atoms. The van der Waals surface area contributed by atoms with E-state index >= 15 is 0 Å². The van der Waals surface area contributed by atoms with Crippen molar-refractivity contribution in [3.8, 4) is 11.5 Å². The third-order valence-corrected chi connectivity index (χ3v) is 3.65. The Bertz CT molecular complexity index is 553. The Morgan fingerprint density at radius 2 is 2.05 bits per heavy atom. The molecule has 3 rings (SSSR count). The predicted molar refractivity (Wildman–Crippen MR) is 81.9 cm³/mol. The fourth-order valence-corrected chi connectivity index (χ4v) is 2.41. The van der Waals surface area contributed by atoms with Crippen LogP contribution in [0.1, 0.15) is 5.56 Å². The molecule has 0 atom stereocenters. The number of hydrogen-bond acceptors (Lipinski definition) is 5. The highest BCUT2D eigenvalue weighted by atomic mass is 16.7. The molecular formula is C16H20N2O4. The van der Waals surface area contributed by atoms with Crippen LogP contribution in [0.5, 0.6) is 11.5 Å². The van der Waals surface area contributed by atoms with Gasteiger partial charge in [-0.15, -0.1) is 0 Å². The fraction of sp³-hybridized carbons (Fsp3) is 0.438. The topological polar surface area (TPSA) is 60.0 Å². The highest BCUT2D eigenvalue weighted by Crippen LogP contribution is 2.32. The van der Waals surface area contributed by atoms with E-state index in [1.165, 1.54) is 6.08 Å². The van der Waals surface area contributed by atoms with Crippen molar-refractivity contribution >= 4 is 12.0 Å². The summed E-state index contributed by atoms with van der Waals surface area (Å²) in [5, 5.41) is 2.89. The second-order valence-electron chi connectivity index (χ2n) is 5.19. The molecule has 6 nitrogen and oxygen atoms in total. The smallest absolute Gasteiger partial charge is 0.244 e. The lowest BCUT2D eigenvalue weighted by atomic mass is 10.2. The van der Waals surface area contributed by atoms with E-state index in [2.05, 4.69) is 10.2 Å². The standard InChI is InChI=1S/C16H20N2O4/c19-16(17-5-6-18-7-9-20-10-8-18)4-2-13-1-3-14-15(11-13)22-12-21-14/h1-4,11H,5-10,12H2,(H,17,19).